The summed E-state index contributed by atoms with van der Waals surface area (Å²) in [6, 6.07) is 6.08. The zero-order chi connectivity index (χ0) is 15.2. The lowest BCUT2D eigenvalue weighted by atomic mass is 9.99. The summed E-state index contributed by atoms with van der Waals surface area (Å²) in [5.41, 5.74) is 2.32. The molecule has 114 valence electrons. The molecule has 1 aromatic carbocycles. The highest BCUT2D eigenvalue weighted by Gasteiger charge is 2.16. The molecule has 1 aromatic heterocycles. The summed E-state index contributed by atoms with van der Waals surface area (Å²) in [6.45, 7) is 2.97. The SMILES string of the molecule is CCn1cc(CC(NC)c2ccc(OC)cc2OC)cn1. The van der Waals surface area contributed by atoms with Gasteiger partial charge in [-0.2, -0.15) is 5.10 Å². The number of aromatic nitrogens is 2. The standard InChI is InChI=1S/C16H23N3O2/c1-5-19-11-12(10-18-19)8-15(17-2)14-7-6-13(20-3)9-16(14)21-4/h6-7,9-11,15,17H,5,8H2,1-4H3. The number of nitrogens with zero attached hydrogens (tertiary/aromatic N) is 2. The van der Waals surface area contributed by atoms with E-state index in [9.17, 15) is 0 Å². The molecular weight excluding hydrogens is 266 g/mol. The van der Waals surface area contributed by atoms with Gasteiger partial charge in [-0.1, -0.05) is 6.07 Å². The molecule has 21 heavy (non-hydrogen) atoms. The van der Waals surface area contributed by atoms with Crippen LogP contribution in [0.15, 0.2) is 30.6 Å². The zero-order valence-corrected chi connectivity index (χ0v) is 13.1. The molecule has 2 rings (SSSR count). The zero-order valence-electron chi connectivity index (χ0n) is 13.1. The summed E-state index contributed by atoms with van der Waals surface area (Å²) in [5.74, 6) is 1.63. The summed E-state index contributed by atoms with van der Waals surface area (Å²) in [4.78, 5) is 0. The predicted octanol–water partition coefficient (Wildman–Crippen LogP) is 2.42. The van der Waals surface area contributed by atoms with Crippen molar-refractivity contribution in [2.75, 3.05) is 21.3 Å². The first-order chi connectivity index (χ1) is 10.2. The Hall–Kier alpha value is -2.01. The van der Waals surface area contributed by atoms with E-state index in [0.29, 0.717) is 0 Å². The van der Waals surface area contributed by atoms with Crippen molar-refractivity contribution in [1.82, 2.24) is 15.1 Å². The number of ether oxygens (including phenoxy) is 2. The molecule has 0 spiro atoms. The van der Waals surface area contributed by atoms with Crippen molar-refractivity contribution in [3.05, 3.63) is 41.7 Å². The number of rotatable bonds is 7. The van der Waals surface area contributed by atoms with Crippen LogP contribution in [0.2, 0.25) is 0 Å². The van der Waals surface area contributed by atoms with E-state index in [-0.39, 0.29) is 6.04 Å². The molecule has 2 aromatic rings. The molecule has 0 aliphatic heterocycles. The summed E-state index contributed by atoms with van der Waals surface area (Å²) < 4.78 is 12.7. The van der Waals surface area contributed by atoms with Crippen molar-refractivity contribution in [2.24, 2.45) is 0 Å². The van der Waals surface area contributed by atoms with Gasteiger partial charge in [0, 0.05) is 30.4 Å². The van der Waals surface area contributed by atoms with Gasteiger partial charge in [0.2, 0.25) is 0 Å². The smallest absolute Gasteiger partial charge is 0.127 e. The van der Waals surface area contributed by atoms with Crippen LogP contribution in [0.5, 0.6) is 11.5 Å². The number of benzene rings is 1. The highest BCUT2D eigenvalue weighted by atomic mass is 16.5. The minimum atomic E-state index is 0.167. The molecule has 0 bridgehead atoms. The molecule has 1 N–H and O–H groups in total. The Morgan fingerprint density at radius 2 is 2.10 bits per heavy atom. The Kier molecular flexibility index (Phi) is 5.22. The Balaban J connectivity index is 2.24. The summed E-state index contributed by atoms with van der Waals surface area (Å²) >= 11 is 0. The van der Waals surface area contributed by atoms with Gasteiger partial charge >= 0.3 is 0 Å². The molecule has 5 heteroatoms. The van der Waals surface area contributed by atoms with Crippen LogP contribution < -0.4 is 14.8 Å². The first-order valence-electron chi connectivity index (χ1n) is 7.12. The lowest BCUT2D eigenvalue weighted by molar-refractivity contribution is 0.385. The summed E-state index contributed by atoms with van der Waals surface area (Å²) in [7, 11) is 5.29. The maximum atomic E-state index is 5.49. The molecule has 1 atom stereocenters. The second-order valence-corrected chi connectivity index (χ2v) is 4.86. The van der Waals surface area contributed by atoms with Crippen molar-refractivity contribution >= 4 is 0 Å². The van der Waals surface area contributed by atoms with Crippen LogP contribution in [0.25, 0.3) is 0 Å². The number of likely N-dealkylation sites (N-methyl/N-ethyl adjacent to an activating group) is 1. The third-order valence-electron chi connectivity index (χ3n) is 3.62. The predicted molar refractivity (Wildman–Crippen MR) is 83.0 cm³/mol. The highest BCUT2D eigenvalue weighted by molar-refractivity contribution is 5.43. The minimum Gasteiger partial charge on any atom is -0.497 e. The van der Waals surface area contributed by atoms with Crippen molar-refractivity contribution in [2.45, 2.75) is 25.9 Å². The Morgan fingerprint density at radius 3 is 2.67 bits per heavy atom. The van der Waals surface area contributed by atoms with Crippen LogP contribution in [0.1, 0.15) is 24.1 Å². The first-order valence-corrected chi connectivity index (χ1v) is 7.12. The molecule has 0 fully saturated rings. The molecule has 5 nitrogen and oxygen atoms in total. The Labute approximate surface area is 125 Å². The number of hydrogen-bond acceptors (Lipinski definition) is 4. The van der Waals surface area contributed by atoms with Gasteiger partial charge in [0.25, 0.3) is 0 Å². The van der Waals surface area contributed by atoms with Crippen molar-refractivity contribution in [1.29, 1.82) is 0 Å². The normalized spacial score (nSPS) is 12.2. The lowest BCUT2D eigenvalue weighted by Gasteiger charge is -2.19. The Morgan fingerprint density at radius 1 is 1.29 bits per heavy atom. The van der Waals surface area contributed by atoms with E-state index in [1.165, 1.54) is 5.56 Å². The maximum absolute atomic E-state index is 5.49. The molecule has 0 saturated carbocycles. The minimum absolute atomic E-state index is 0.167. The second kappa shape index (κ2) is 7.13. The van der Waals surface area contributed by atoms with E-state index < -0.39 is 0 Å². The van der Waals surface area contributed by atoms with E-state index in [1.807, 2.05) is 36.1 Å². The van der Waals surface area contributed by atoms with E-state index in [4.69, 9.17) is 9.47 Å². The van der Waals surface area contributed by atoms with Crippen LogP contribution in [0.3, 0.4) is 0 Å². The van der Waals surface area contributed by atoms with Crippen molar-refractivity contribution in [3.63, 3.8) is 0 Å². The van der Waals surface area contributed by atoms with Gasteiger partial charge < -0.3 is 14.8 Å². The number of nitrogens with one attached hydrogen (secondary N) is 1. The molecule has 0 radical (unpaired) electrons. The van der Waals surface area contributed by atoms with Gasteiger partial charge in [-0.25, -0.2) is 0 Å². The average Bonchev–Trinajstić information content (AvgIpc) is 2.99. The number of methoxy groups -OCH3 is 2. The monoisotopic (exact) mass is 289 g/mol. The number of aryl methyl sites for hydroxylation is 1. The van der Waals surface area contributed by atoms with E-state index in [1.54, 1.807) is 14.2 Å². The van der Waals surface area contributed by atoms with Crippen LogP contribution in [0.4, 0.5) is 0 Å². The van der Waals surface area contributed by atoms with Crippen LogP contribution in [-0.2, 0) is 13.0 Å². The van der Waals surface area contributed by atoms with Gasteiger partial charge in [-0.15, -0.1) is 0 Å². The largest absolute Gasteiger partial charge is 0.497 e. The molecule has 0 aliphatic carbocycles. The molecular formula is C16H23N3O2. The topological polar surface area (TPSA) is 48.3 Å². The van der Waals surface area contributed by atoms with Crippen LogP contribution in [0, 0.1) is 0 Å². The quantitative estimate of drug-likeness (QED) is 0.850. The molecule has 0 amide bonds. The summed E-state index contributed by atoms with van der Waals surface area (Å²) in [5, 5.41) is 7.67. The van der Waals surface area contributed by atoms with Crippen molar-refractivity contribution < 1.29 is 9.47 Å². The third kappa shape index (κ3) is 3.55. The van der Waals surface area contributed by atoms with Gasteiger partial charge in [-0.3, -0.25) is 4.68 Å². The fraction of sp³-hybridized carbons (Fsp3) is 0.438. The van der Waals surface area contributed by atoms with E-state index >= 15 is 0 Å². The van der Waals surface area contributed by atoms with Gasteiger partial charge in [0.05, 0.1) is 20.4 Å². The lowest BCUT2D eigenvalue weighted by Crippen LogP contribution is -2.19. The molecule has 0 aliphatic rings. The molecule has 1 heterocycles. The highest BCUT2D eigenvalue weighted by Crippen LogP contribution is 2.31. The third-order valence-corrected chi connectivity index (χ3v) is 3.62. The van der Waals surface area contributed by atoms with E-state index in [2.05, 4.69) is 23.5 Å². The molecule has 1 unspecified atom stereocenters. The Bertz CT molecular complexity index is 581. The van der Waals surface area contributed by atoms with Gasteiger partial charge in [0.1, 0.15) is 11.5 Å². The number of hydrogen-bond donors (Lipinski definition) is 1. The van der Waals surface area contributed by atoms with Crippen molar-refractivity contribution in [3.8, 4) is 11.5 Å². The average molecular weight is 289 g/mol. The van der Waals surface area contributed by atoms with E-state index in [0.717, 1.165) is 30.0 Å². The molecule has 0 saturated heterocycles. The first kappa shape index (κ1) is 15.4. The fourth-order valence-electron chi connectivity index (χ4n) is 2.39. The second-order valence-electron chi connectivity index (χ2n) is 4.86. The maximum Gasteiger partial charge on any atom is 0.127 e. The van der Waals surface area contributed by atoms with Crippen LogP contribution >= 0.6 is 0 Å². The van der Waals surface area contributed by atoms with Gasteiger partial charge in [0.15, 0.2) is 0 Å². The summed E-state index contributed by atoms with van der Waals surface area (Å²) in [6.07, 6.45) is 4.86. The fourth-order valence-corrected chi connectivity index (χ4v) is 2.39. The van der Waals surface area contributed by atoms with Crippen LogP contribution in [-0.4, -0.2) is 31.0 Å². The van der Waals surface area contributed by atoms with Gasteiger partial charge in [-0.05, 0) is 32.0 Å².